The maximum absolute atomic E-state index is 12.1. The third kappa shape index (κ3) is 3.28. The quantitative estimate of drug-likeness (QED) is 0.899. The molecule has 1 atom stereocenters. The molecule has 1 aromatic carbocycles. The minimum atomic E-state index is -4.64. The van der Waals surface area contributed by atoms with Crippen LogP contribution in [0.1, 0.15) is 5.56 Å². The number of alkyl halides is 3. The summed E-state index contributed by atoms with van der Waals surface area (Å²) in [4.78, 5) is 0. The van der Waals surface area contributed by atoms with Crippen LogP contribution in [-0.2, 0) is 6.42 Å². The Morgan fingerprint density at radius 1 is 1.44 bits per heavy atom. The van der Waals surface area contributed by atoms with Crippen LogP contribution in [0.15, 0.2) is 18.2 Å². The Morgan fingerprint density at radius 3 is 2.50 bits per heavy atom. The number of aliphatic hydroxyl groups is 1. The van der Waals surface area contributed by atoms with Crippen molar-refractivity contribution in [3.63, 3.8) is 0 Å². The van der Waals surface area contributed by atoms with Crippen LogP contribution in [0.3, 0.4) is 0 Å². The number of ether oxygens (including phenoxy) is 1. The van der Waals surface area contributed by atoms with Crippen LogP contribution in [0.4, 0.5) is 13.2 Å². The van der Waals surface area contributed by atoms with Gasteiger partial charge in [-0.2, -0.15) is 13.2 Å². The van der Waals surface area contributed by atoms with E-state index in [0.29, 0.717) is 5.75 Å². The van der Waals surface area contributed by atoms with Crippen LogP contribution in [-0.4, -0.2) is 24.5 Å². The molecule has 0 saturated heterocycles. The predicted octanol–water partition coefficient (Wildman–Crippen LogP) is 2.81. The molecule has 1 unspecified atom stereocenters. The number of hydrogen-bond donors (Lipinski definition) is 1. The summed E-state index contributed by atoms with van der Waals surface area (Å²) in [5.74, 6) is 0.454. The van der Waals surface area contributed by atoms with E-state index in [4.69, 9.17) is 21.4 Å². The summed E-state index contributed by atoms with van der Waals surface area (Å²) in [6.07, 6.45) is -7.60. The Balaban J connectivity index is 2.82. The van der Waals surface area contributed by atoms with E-state index in [1.807, 2.05) is 0 Å². The molecule has 0 fully saturated rings. The van der Waals surface area contributed by atoms with Crippen molar-refractivity contribution in [3.05, 3.63) is 28.8 Å². The zero-order valence-corrected chi connectivity index (χ0v) is 9.14. The standard InChI is InChI=1S/C10H10ClF3O2/c1-16-7-3-2-6(8(11)5-7)4-9(15)10(12,13)14/h2-3,5,9,15H,4H2,1H3. The molecule has 0 saturated carbocycles. The fraction of sp³-hybridized carbons (Fsp3) is 0.400. The molecule has 1 rings (SSSR count). The Morgan fingerprint density at radius 2 is 2.06 bits per heavy atom. The van der Waals surface area contributed by atoms with Crippen molar-refractivity contribution in [2.24, 2.45) is 0 Å². The van der Waals surface area contributed by atoms with Gasteiger partial charge in [-0.1, -0.05) is 17.7 Å². The Labute approximate surface area is 95.6 Å². The first-order chi connectivity index (χ1) is 7.34. The molecule has 0 spiro atoms. The van der Waals surface area contributed by atoms with Crippen LogP contribution in [0.25, 0.3) is 0 Å². The average molecular weight is 255 g/mol. The Bertz CT molecular complexity index is 366. The molecule has 0 radical (unpaired) electrons. The summed E-state index contributed by atoms with van der Waals surface area (Å²) in [6.45, 7) is 0. The molecule has 1 N–H and O–H groups in total. The molecular formula is C10H10ClF3O2. The smallest absolute Gasteiger partial charge is 0.414 e. The van der Waals surface area contributed by atoms with Crippen LogP contribution < -0.4 is 4.74 Å². The maximum atomic E-state index is 12.1. The van der Waals surface area contributed by atoms with E-state index in [0.717, 1.165) is 0 Å². The van der Waals surface area contributed by atoms with Crippen LogP contribution in [0.2, 0.25) is 5.02 Å². The first-order valence-corrected chi connectivity index (χ1v) is 4.79. The van der Waals surface area contributed by atoms with Gasteiger partial charge in [-0.15, -0.1) is 0 Å². The van der Waals surface area contributed by atoms with E-state index >= 15 is 0 Å². The summed E-state index contributed by atoms with van der Waals surface area (Å²) in [5.41, 5.74) is 0.229. The van der Waals surface area contributed by atoms with Gasteiger partial charge in [0.2, 0.25) is 0 Å². The van der Waals surface area contributed by atoms with Gasteiger partial charge in [-0.25, -0.2) is 0 Å². The highest BCUT2D eigenvalue weighted by molar-refractivity contribution is 6.31. The first kappa shape index (κ1) is 13.1. The molecule has 16 heavy (non-hydrogen) atoms. The monoisotopic (exact) mass is 254 g/mol. The van der Waals surface area contributed by atoms with Gasteiger partial charge in [0.25, 0.3) is 0 Å². The lowest BCUT2D eigenvalue weighted by Gasteiger charge is -2.15. The molecule has 0 amide bonds. The zero-order chi connectivity index (χ0) is 12.3. The van der Waals surface area contributed by atoms with Gasteiger partial charge in [0.05, 0.1) is 7.11 Å². The lowest BCUT2D eigenvalue weighted by atomic mass is 10.1. The van der Waals surface area contributed by atoms with Gasteiger partial charge in [0, 0.05) is 11.4 Å². The highest BCUT2D eigenvalue weighted by atomic mass is 35.5. The normalized spacial score (nSPS) is 13.6. The summed E-state index contributed by atoms with van der Waals surface area (Å²) in [7, 11) is 1.43. The van der Waals surface area contributed by atoms with Gasteiger partial charge in [-0.05, 0) is 17.7 Å². The van der Waals surface area contributed by atoms with Crippen molar-refractivity contribution in [3.8, 4) is 5.75 Å². The number of benzene rings is 1. The lowest BCUT2D eigenvalue weighted by Crippen LogP contribution is -2.30. The highest BCUT2D eigenvalue weighted by Gasteiger charge is 2.38. The summed E-state index contributed by atoms with van der Waals surface area (Å²) in [5, 5.41) is 9.02. The van der Waals surface area contributed by atoms with E-state index < -0.39 is 18.7 Å². The van der Waals surface area contributed by atoms with Gasteiger partial charge in [-0.3, -0.25) is 0 Å². The molecule has 0 aliphatic rings. The van der Waals surface area contributed by atoms with Crippen molar-refractivity contribution >= 4 is 11.6 Å². The lowest BCUT2D eigenvalue weighted by molar-refractivity contribution is -0.203. The minimum absolute atomic E-state index is 0.141. The molecule has 6 heteroatoms. The number of hydrogen-bond acceptors (Lipinski definition) is 2. The van der Waals surface area contributed by atoms with Crippen molar-refractivity contribution in [2.45, 2.75) is 18.7 Å². The number of halogens is 4. The fourth-order valence-corrected chi connectivity index (χ4v) is 1.39. The SMILES string of the molecule is COc1ccc(CC(O)C(F)(F)F)c(Cl)c1. The molecule has 90 valence electrons. The predicted molar refractivity (Wildman–Crippen MR) is 53.8 cm³/mol. The van der Waals surface area contributed by atoms with Gasteiger partial charge in [0.1, 0.15) is 5.75 Å². The van der Waals surface area contributed by atoms with Gasteiger partial charge >= 0.3 is 6.18 Å². The number of methoxy groups -OCH3 is 1. The second-order valence-electron chi connectivity index (χ2n) is 3.22. The molecule has 1 aromatic rings. The van der Waals surface area contributed by atoms with Crippen LogP contribution in [0.5, 0.6) is 5.75 Å². The third-order valence-corrected chi connectivity index (χ3v) is 2.40. The third-order valence-electron chi connectivity index (χ3n) is 2.05. The van der Waals surface area contributed by atoms with Crippen molar-refractivity contribution < 1.29 is 23.0 Å². The molecule has 0 bridgehead atoms. The Kier molecular flexibility index (Phi) is 4.04. The molecule has 0 aliphatic carbocycles. The second-order valence-corrected chi connectivity index (χ2v) is 3.63. The van der Waals surface area contributed by atoms with E-state index in [9.17, 15) is 13.2 Å². The van der Waals surface area contributed by atoms with E-state index in [1.54, 1.807) is 0 Å². The van der Waals surface area contributed by atoms with E-state index in [2.05, 4.69) is 0 Å². The largest absolute Gasteiger partial charge is 0.497 e. The van der Waals surface area contributed by atoms with Crippen molar-refractivity contribution in [1.82, 2.24) is 0 Å². The molecule has 0 heterocycles. The van der Waals surface area contributed by atoms with E-state index in [1.165, 1.54) is 25.3 Å². The molecule has 2 nitrogen and oxygen atoms in total. The minimum Gasteiger partial charge on any atom is -0.497 e. The molecule has 0 aromatic heterocycles. The molecule has 0 aliphatic heterocycles. The Hall–Kier alpha value is -0.940. The maximum Gasteiger partial charge on any atom is 0.414 e. The topological polar surface area (TPSA) is 29.5 Å². The summed E-state index contributed by atoms with van der Waals surface area (Å²) < 4.78 is 41.1. The number of aliphatic hydroxyl groups excluding tert-OH is 1. The first-order valence-electron chi connectivity index (χ1n) is 4.42. The van der Waals surface area contributed by atoms with Gasteiger partial charge < -0.3 is 9.84 Å². The van der Waals surface area contributed by atoms with Crippen molar-refractivity contribution in [1.29, 1.82) is 0 Å². The summed E-state index contributed by atoms with van der Waals surface area (Å²) in [6, 6.07) is 4.29. The number of rotatable bonds is 3. The summed E-state index contributed by atoms with van der Waals surface area (Å²) >= 11 is 5.74. The zero-order valence-electron chi connectivity index (χ0n) is 8.38. The van der Waals surface area contributed by atoms with Crippen LogP contribution >= 0.6 is 11.6 Å². The highest BCUT2D eigenvalue weighted by Crippen LogP contribution is 2.28. The van der Waals surface area contributed by atoms with Gasteiger partial charge in [0.15, 0.2) is 6.10 Å². The van der Waals surface area contributed by atoms with E-state index in [-0.39, 0.29) is 10.6 Å². The van der Waals surface area contributed by atoms with Crippen molar-refractivity contribution in [2.75, 3.05) is 7.11 Å². The second kappa shape index (κ2) is 4.93. The average Bonchev–Trinajstić information content (AvgIpc) is 2.19. The fourth-order valence-electron chi connectivity index (χ4n) is 1.14. The van der Waals surface area contributed by atoms with Crippen LogP contribution in [0, 0.1) is 0 Å². The molecular weight excluding hydrogens is 245 g/mol.